The molecule has 5 rings (SSSR count). The summed E-state index contributed by atoms with van der Waals surface area (Å²) in [5, 5.41) is 4.42. The lowest BCUT2D eigenvalue weighted by molar-refractivity contribution is 0.107. The maximum absolute atomic E-state index is 12.2. The molecule has 1 aromatic carbocycles. The molecule has 2 aliphatic heterocycles. The predicted molar refractivity (Wildman–Crippen MR) is 130 cm³/mol. The minimum Gasteiger partial charge on any atom is -0.378 e. The Balaban J connectivity index is 1.44. The number of fused-ring (bicyclic) bond motifs is 1. The Morgan fingerprint density at radius 3 is 2.76 bits per heavy atom. The molecule has 2 saturated heterocycles. The molecule has 2 amide bonds. The van der Waals surface area contributed by atoms with E-state index in [0.29, 0.717) is 43.6 Å². The summed E-state index contributed by atoms with van der Waals surface area (Å²) in [6.45, 7) is 6.01. The van der Waals surface area contributed by atoms with Crippen LogP contribution in [0.15, 0.2) is 35.7 Å². The van der Waals surface area contributed by atoms with Gasteiger partial charge in [-0.2, -0.15) is 15.1 Å². The summed E-state index contributed by atoms with van der Waals surface area (Å²) < 4.78 is 7.53. The van der Waals surface area contributed by atoms with Crippen molar-refractivity contribution >= 4 is 35.2 Å². The summed E-state index contributed by atoms with van der Waals surface area (Å²) in [4.78, 5) is 31.9. The number of nitrogens with one attached hydrogen (secondary N) is 1. The van der Waals surface area contributed by atoms with Crippen LogP contribution in [0.4, 0.5) is 16.6 Å². The number of imidazole rings is 1. The van der Waals surface area contributed by atoms with Crippen LogP contribution in [0.1, 0.15) is 17.2 Å². The maximum Gasteiger partial charge on any atom is 0.319 e. The van der Waals surface area contributed by atoms with E-state index in [1.807, 2.05) is 34.6 Å². The Morgan fingerprint density at radius 1 is 1.24 bits per heavy atom. The van der Waals surface area contributed by atoms with Crippen LogP contribution in [0.5, 0.6) is 0 Å². The molecule has 11 heteroatoms. The summed E-state index contributed by atoms with van der Waals surface area (Å²) >= 11 is 0. The SMILES string of the molecule is Cc1cccc(/C=N/Nc2nc(N3CCOCC3)nc3c2ncn3C2CN(C(=O)N(C)C)C2)c1. The van der Waals surface area contributed by atoms with E-state index in [0.717, 1.165) is 24.3 Å². The number of hydrogen-bond acceptors (Lipinski definition) is 8. The molecule has 2 aromatic heterocycles. The van der Waals surface area contributed by atoms with Gasteiger partial charge in [-0.25, -0.2) is 9.78 Å². The quantitative estimate of drug-likeness (QED) is 0.456. The van der Waals surface area contributed by atoms with Crippen molar-refractivity contribution in [1.29, 1.82) is 0 Å². The molecular weight excluding hydrogens is 434 g/mol. The second-order valence-electron chi connectivity index (χ2n) is 8.82. The van der Waals surface area contributed by atoms with Crippen LogP contribution in [-0.2, 0) is 4.74 Å². The van der Waals surface area contributed by atoms with E-state index in [9.17, 15) is 4.79 Å². The average molecular weight is 464 g/mol. The van der Waals surface area contributed by atoms with Crippen LogP contribution in [0.2, 0.25) is 0 Å². The Morgan fingerprint density at radius 2 is 2.03 bits per heavy atom. The first-order valence-corrected chi connectivity index (χ1v) is 11.4. The molecule has 0 bridgehead atoms. The van der Waals surface area contributed by atoms with Gasteiger partial charge in [0.05, 0.1) is 31.8 Å². The minimum atomic E-state index is 0.0112. The minimum absolute atomic E-state index is 0.0112. The van der Waals surface area contributed by atoms with Crippen molar-refractivity contribution in [1.82, 2.24) is 29.3 Å². The predicted octanol–water partition coefficient (Wildman–Crippen LogP) is 1.96. The van der Waals surface area contributed by atoms with E-state index in [1.54, 1.807) is 31.5 Å². The first-order chi connectivity index (χ1) is 16.5. The van der Waals surface area contributed by atoms with Gasteiger partial charge in [0.1, 0.15) is 0 Å². The van der Waals surface area contributed by atoms with Crippen LogP contribution >= 0.6 is 0 Å². The monoisotopic (exact) mass is 463 g/mol. The van der Waals surface area contributed by atoms with Crippen LogP contribution in [0, 0.1) is 6.92 Å². The van der Waals surface area contributed by atoms with E-state index in [-0.39, 0.29) is 12.1 Å². The average Bonchev–Trinajstić information content (AvgIpc) is 3.22. The van der Waals surface area contributed by atoms with E-state index in [4.69, 9.17) is 14.7 Å². The normalized spacial score (nSPS) is 16.8. The summed E-state index contributed by atoms with van der Waals surface area (Å²) in [5.41, 5.74) is 6.62. The van der Waals surface area contributed by atoms with Crippen molar-refractivity contribution in [3.05, 3.63) is 41.7 Å². The molecule has 0 spiro atoms. The number of anilines is 2. The summed E-state index contributed by atoms with van der Waals surface area (Å²) in [5.74, 6) is 1.17. The van der Waals surface area contributed by atoms with Crippen molar-refractivity contribution in [3.63, 3.8) is 0 Å². The van der Waals surface area contributed by atoms with Gasteiger partial charge >= 0.3 is 6.03 Å². The molecule has 2 aliphatic rings. The van der Waals surface area contributed by atoms with Crippen molar-refractivity contribution < 1.29 is 9.53 Å². The van der Waals surface area contributed by atoms with Gasteiger partial charge in [-0.15, -0.1) is 0 Å². The number of likely N-dealkylation sites (tertiary alicyclic amines) is 1. The van der Waals surface area contributed by atoms with Gasteiger partial charge in [0.25, 0.3) is 0 Å². The first-order valence-electron chi connectivity index (χ1n) is 11.4. The molecule has 0 aliphatic carbocycles. The van der Waals surface area contributed by atoms with E-state index < -0.39 is 0 Å². The fourth-order valence-electron chi connectivity index (χ4n) is 4.14. The molecule has 0 atom stereocenters. The number of aromatic nitrogens is 4. The molecule has 0 saturated carbocycles. The number of ether oxygens (including phenoxy) is 1. The number of hydrazone groups is 1. The Kier molecular flexibility index (Phi) is 6.01. The van der Waals surface area contributed by atoms with Crippen molar-refractivity contribution in [2.45, 2.75) is 13.0 Å². The third-order valence-electron chi connectivity index (χ3n) is 6.04. The van der Waals surface area contributed by atoms with E-state index in [2.05, 4.69) is 26.5 Å². The van der Waals surface area contributed by atoms with Gasteiger partial charge < -0.3 is 24.0 Å². The number of morpholine rings is 1. The van der Waals surface area contributed by atoms with E-state index >= 15 is 0 Å². The number of carbonyl (C=O) groups is 1. The fraction of sp³-hybridized carbons (Fsp3) is 0.435. The second kappa shape index (κ2) is 9.26. The Bertz CT molecular complexity index is 1210. The Labute approximate surface area is 198 Å². The zero-order valence-electron chi connectivity index (χ0n) is 19.7. The molecule has 11 nitrogen and oxygen atoms in total. The van der Waals surface area contributed by atoms with Crippen LogP contribution < -0.4 is 10.3 Å². The molecule has 0 unspecified atom stereocenters. The van der Waals surface area contributed by atoms with Crippen molar-refractivity contribution in [2.75, 3.05) is 63.8 Å². The summed E-state index contributed by atoms with van der Waals surface area (Å²) in [6, 6.07) is 8.24. The van der Waals surface area contributed by atoms with Crippen molar-refractivity contribution in [2.24, 2.45) is 5.10 Å². The lowest BCUT2D eigenvalue weighted by Crippen LogP contribution is -2.53. The summed E-state index contributed by atoms with van der Waals surface area (Å²) in [6.07, 6.45) is 3.54. The number of aryl methyl sites for hydroxylation is 1. The number of rotatable bonds is 5. The number of nitrogens with zero attached hydrogens (tertiary/aromatic N) is 8. The van der Waals surface area contributed by atoms with Gasteiger partial charge in [-0.1, -0.05) is 29.8 Å². The molecule has 34 heavy (non-hydrogen) atoms. The number of carbonyl (C=O) groups excluding carboxylic acids is 1. The highest BCUT2D eigenvalue weighted by atomic mass is 16.5. The molecule has 1 N–H and O–H groups in total. The smallest absolute Gasteiger partial charge is 0.319 e. The van der Waals surface area contributed by atoms with Crippen LogP contribution in [0.3, 0.4) is 0 Å². The first kappa shape index (κ1) is 22.1. The highest BCUT2D eigenvalue weighted by molar-refractivity contribution is 5.86. The number of hydrogen-bond donors (Lipinski definition) is 1. The zero-order chi connectivity index (χ0) is 23.7. The standard InChI is InChI=1S/C23H29N9O2/c1-16-5-4-6-17(11-16)12-25-28-20-19-21(27-22(26-20)30-7-9-34-10-8-30)32(15-24-19)18-13-31(14-18)23(33)29(2)3/h4-6,11-12,15,18H,7-10,13-14H2,1-3H3,(H,26,27,28)/b25-12+. The van der Waals surface area contributed by atoms with Gasteiger partial charge in [-0.3, -0.25) is 5.43 Å². The molecule has 178 valence electrons. The lowest BCUT2D eigenvalue weighted by Gasteiger charge is -2.41. The molecule has 2 fully saturated rings. The molecule has 3 aromatic rings. The molecular formula is C23H29N9O2. The molecule has 4 heterocycles. The maximum atomic E-state index is 12.2. The van der Waals surface area contributed by atoms with Gasteiger partial charge in [-0.05, 0) is 12.5 Å². The second-order valence-corrected chi connectivity index (χ2v) is 8.82. The van der Waals surface area contributed by atoms with Gasteiger partial charge in [0, 0.05) is 40.3 Å². The fourth-order valence-corrected chi connectivity index (χ4v) is 4.14. The zero-order valence-corrected chi connectivity index (χ0v) is 19.7. The lowest BCUT2D eigenvalue weighted by atomic mass is 10.1. The van der Waals surface area contributed by atoms with Crippen molar-refractivity contribution in [3.8, 4) is 0 Å². The van der Waals surface area contributed by atoms with Gasteiger partial charge in [0.15, 0.2) is 17.0 Å². The summed E-state index contributed by atoms with van der Waals surface area (Å²) in [7, 11) is 3.53. The van der Waals surface area contributed by atoms with Gasteiger partial charge in [0.2, 0.25) is 5.95 Å². The number of urea groups is 1. The number of benzene rings is 1. The highest BCUT2D eigenvalue weighted by Gasteiger charge is 2.34. The largest absolute Gasteiger partial charge is 0.378 e. The third-order valence-corrected chi connectivity index (χ3v) is 6.04. The molecule has 0 radical (unpaired) electrons. The highest BCUT2D eigenvalue weighted by Crippen LogP contribution is 2.29. The van der Waals surface area contributed by atoms with Crippen LogP contribution in [-0.4, -0.2) is 95.1 Å². The number of amides is 2. The Hall–Kier alpha value is -3.73. The topological polar surface area (TPSA) is 104 Å². The third kappa shape index (κ3) is 4.38. The van der Waals surface area contributed by atoms with Crippen LogP contribution in [0.25, 0.3) is 11.2 Å². The van der Waals surface area contributed by atoms with E-state index in [1.165, 1.54) is 5.56 Å².